The summed E-state index contributed by atoms with van der Waals surface area (Å²) in [5, 5.41) is 10.6. The van der Waals surface area contributed by atoms with Crippen molar-refractivity contribution in [2.75, 3.05) is 6.61 Å². The summed E-state index contributed by atoms with van der Waals surface area (Å²) in [6.45, 7) is -1.95. The van der Waals surface area contributed by atoms with Gasteiger partial charge in [0.05, 0.1) is 4.92 Å². The summed E-state index contributed by atoms with van der Waals surface area (Å²) in [5.41, 5.74) is -1.39. The van der Waals surface area contributed by atoms with Gasteiger partial charge in [0.25, 0.3) is 10.0 Å². The summed E-state index contributed by atoms with van der Waals surface area (Å²) in [5.74, 6) is -1.45. The van der Waals surface area contributed by atoms with E-state index in [1.807, 2.05) is 0 Å². The van der Waals surface area contributed by atoms with Crippen molar-refractivity contribution < 1.29 is 35.7 Å². The van der Waals surface area contributed by atoms with Crippen LogP contribution in [0.15, 0.2) is 23.1 Å². The van der Waals surface area contributed by atoms with Gasteiger partial charge in [0.1, 0.15) is 0 Å². The molecule has 1 aromatic rings. The Morgan fingerprint density at radius 2 is 1.95 bits per heavy atom. The molecule has 7 nitrogen and oxygen atoms in total. The minimum absolute atomic E-state index is 0.633. The molecule has 1 aromatic carbocycles. The van der Waals surface area contributed by atoms with Gasteiger partial charge in [-0.15, -0.1) is 0 Å². The zero-order chi connectivity index (χ0) is 15.6. The number of halogens is 4. The number of nitro benzene ring substituents is 1. The zero-order valence-electron chi connectivity index (χ0n) is 9.35. The zero-order valence-corrected chi connectivity index (χ0v) is 10.2. The number of nitrogens with one attached hydrogen (secondary N) is 1. The van der Waals surface area contributed by atoms with Gasteiger partial charge < -0.3 is 0 Å². The lowest BCUT2D eigenvalue weighted by atomic mass is 10.3. The SMILES string of the molecule is O=[N+]([O-])c1c(F)cccc1S(=O)(=O)NOCC(F)(F)F. The predicted molar refractivity (Wildman–Crippen MR) is 55.4 cm³/mol. The molecule has 112 valence electrons. The molecule has 0 spiro atoms. The third-order valence-electron chi connectivity index (χ3n) is 1.83. The van der Waals surface area contributed by atoms with E-state index in [2.05, 4.69) is 4.84 Å². The first-order chi connectivity index (χ1) is 9.04. The fourth-order valence-corrected chi connectivity index (χ4v) is 2.11. The van der Waals surface area contributed by atoms with E-state index < -0.39 is 44.1 Å². The van der Waals surface area contributed by atoms with Gasteiger partial charge in [0.15, 0.2) is 11.5 Å². The average Bonchev–Trinajstić information content (AvgIpc) is 2.25. The number of hydrogen-bond donors (Lipinski definition) is 1. The van der Waals surface area contributed by atoms with Crippen molar-refractivity contribution in [3.05, 3.63) is 34.1 Å². The van der Waals surface area contributed by atoms with Crippen LogP contribution in [0.5, 0.6) is 0 Å². The molecule has 0 aliphatic carbocycles. The van der Waals surface area contributed by atoms with Gasteiger partial charge in [0.2, 0.25) is 5.82 Å². The second kappa shape index (κ2) is 5.68. The number of para-hydroxylation sites is 1. The van der Waals surface area contributed by atoms with Crippen LogP contribution in [0, 0.1) is 15.9 Å². The molecular formula is C8H6F4N2O5S. The highest BCUT2D eigenvalue weighted by Crippen LogP contribution is 2.26. The minimum atomic E-state index is -4.83. The normalized spacial score (nSPS) is 12.4. The molecule has 0 heterocycles. The smallest absolute Gasteiger partial charge is 0.277 e. The number of rotatable bonds is 5. The molecule has 0 amide bonds. The Bertz CT molecular complexity index is 616. The summed E-state index contributed by atoms with van der Waals surface area (Å²) in [6, 6.07) is 2.13. The fourth-order valence-electron chi connectivity index (χ4n) is 1.12. The lowest BCUT2D eigenvalue weighted by Gasteiger charge is -2.09. The molecular weight excluding hydrogens is 312 g/mol. The number of nitrogens with zero attached hydrogens (tertiary/aromatic N) is 1. The van der Waals surface area contributed by atoms with Crippen molar-refractivity contribution in [1.82, 2.24) is 4.89 Å². The molecule has 0 saturated carbocycles. The monoisotopic (exact) mass is 318 g/mol. The highest BCUT2D eigenvalue weighted by molar-refractivity contribution is 7.89. The number of sulfonamides is 1. The van der Waals surface area contributed by atoms with Gasteiger partial charge in [-0.05, 0) is 12.1 Å². The summed E-state index contributed by atoms with van der Waals surface area (Å²) >= 11 is 0. The lowest BCUT2D eigenvalue weighted by molar-refractivity contribution is -0.390. The van der Waals surface area contributed by atoms with E-state index >= 15 is 0 Å². The summed E-state index contributed by atoms with van der Waals surface area (Å²) in [4.78, 5) is 12.8. The van der Waals surface area contributed by atoms with E-state index in [1.165, 1.54) is 0 Å². The summed E-state index contributed by atoms with van der Waals surface area (Å²) in [7, 11) is -4.83. The van der Waals surface area contributed by atoms with Crippen LogP contribution in [0.2, 0.25) is 0 Å². The lowest BCUT2D eigenvalue weighted by Crippen LogP contribution is -2.30. The highest BCUT2D eigenvalue weighted by atomic mass is 32.2. The van der Waals surface area contributed by atoms with Gasteiger partial charge in [-0.1, -0.05) is 11.0 Å². The van der Waals surface area contributed by atoms with Gasteiger partial charge in [-0.2, -0.15) is 17.6 Å². The van der Waals surface area contributed by atoms with Crippen molar-refractivity contribution in [3.8, 4) is 0 Å². The highest BCUT2D eigenvalue weighted by Gasteiger charge is 2.32. The van der Waals surface area contributed by atoms with Crippen molar-refractivity contribution in [3.63, 3.8) is 0 Å². The Balaban J connectivity index is 3.05. The molecule has 0 atom stereocenters. The maximum atomic E-state index is 13.2. The average molecular weight is 318 g/mol. The van der Waals surface area contributed by atoms with E-state index in [0.717, 1.165) is 11.0 Å². The van der Waals surface area contributed by atoms with Crippen molar-refractivity contribution >= 4 is 15.7 Å². The molecule has 0 aromatic heterocycles. The van der Waals surface area contributed by atoms with Gasteiger partial charge >= 0.3 is 11.9 Å². The Morgan fingerprint density at radius 3 is 2.45 bits per heavy atom. The second-order valence-corrected chi connectivity index (χ2v) is 4.95. The first-order valence-corrected chi connectivity index (χ1v) is 6.16. The van der Waals surface area contributed by atoms with Crippen LogP contribution in [0.3, 0.4) is 0 Å². The fraction of sp³-hybridized carbons (Fsp3) is 0.250. The number of benzene rings is 1. The quantitative estimate of drug-likeness (QED) is 0.504. The van der Waals surface area contributed by atoms with Crippen molar-refractivity contribution in [2.24, 2.45) is 0 Å². The molecule has 0 aliphatic rings. The second-order valence-electron chi connectivity index (χ2n) is 3.33. The van der Waals surface area contributed by atoms with Crippen molar-refractivity contribution in [1.29, 1.82) is 0 Å². The van der Waals surface area contributed by atoms with E-state index in [0.29, 0.717) is 12.1 Å². The van der Waals surface area contributed by atoms with Crippen LogP contribution >= 0.6 is 0 Å². The van der Waals surface area contributed by atoms with Crippen LogP contribution in [-0.4, -0.2) is 26.1 Å². The third kappa shape index (κ3) is 4.11. The van der Waals surface area contributed by atoms with Gasteiger partial charge in [0, 0.05) is 0 Å². The minimum Gasteiger partial charge on any atom is -0.277 e. The van der Waals surface area contributed by atoms with Crippen LogP contribution in [-0.2, 0) is 14.9 Å². The largest absolute Gasteiger partial charge is 0.413 e. The van der Waals surface area contributed by atoms with E-state index in [4.69, 9.17) is 0 Å². The van der Waals surface area contributed by atoms with Gasteiger partial charge in [-0.3, -0.25) is 15.0 Å². The number of alkyl halides is 3. The van der Waals surface area contributed by atoms with E-state index in [9.17, 15) is 36.1 Å². The molecule has 0 radical (unpaired) electrons. The number of nitro groups is 1. The Hall–Kier alpha value is -1.79. The molecule has 0 saturated heterocycles. The predicted octanol–water partition coefficient (Wildman–Crippen LogP) is 1.51. The summed E-state index contributed by atoms with van der Waals surface area (Å²) in [6.07, 6.45) is -4.81. The molecule has 0 unspecified atom stereocenters. The summed E-state index contributed by atoms with van der Waals surface area (Å²) < 4.78 is 71.6. The Labute approximate surface area is 109 Å². The van der Waals surface area contributed by atoms with Gasteiger partial charge in [-0.25, -0.2) is 8.42 Å². The molecule has 1 rings (SSSR count). The first-order valence-electron chi connectivity index (χ1n) is 4.68. The molecule has 0 bridgehead atoms. The van der Waals surface area contributed by atoms with Crippen molar-refractivity contribution in [2.45, 2.75) is 11.1 Å². The Kier molecular flexibility index (Phi) is 4.62. The molecule has 1 N–H and O–H groups in total. The Morgan fingerprint density at radius 1 is 1.35 bits per heavy atom. The van der Waals surface area contributed by atoms with Crippen LogP contribution in [0.1, 0.15) is 0 Å². The van der Waals surface area contributed by atoms with Crippen LogP contribution in [0.4, 0.5) is 23.2 Å². The topological polar surface area (TPSA) is 98.5 Å². The molecule has 20 heavy (non-hydrogen) atoms. The molecule has 0 fully saturated rings. The van der Waals surface area contributed by atoms with Crippen LogP contribution < -0.4 is 4.89 Å². The van der Waals surface area contributed by atoms with E-state index in [-0.39, 0.29) is 0 Å². The first kappa shape index (κ1) is 16.3. The van der Waals surface area contributed by atoms with Crippen LogP contribution in [0.25, 0.3) is 0 Å². The number of hydrogen-bond acceptors (Lipinski definition) is 5. The third-order valence-corrected chi connectivity index (χ3v) is 3.07. The van der Waals surface area contributed by atoms with E-state index in [1.54, 1.807) is 0 Å². The maximum Gasteiger partial charge on any atom is 0.413 e. The molecule has 0 aliphatic heterocycles. The molecule has 12 heteroatoms. The standard InChI is InChI=1S/C8H6F4N2O5S/c9-5-2-1-3-6(7(5)14(15)16)20(17,18)13-19-4-8(10,11)12/h1-3,13H,4H2. The maximum absolute atomic E-state index is 13.2.